The summed E-state index contributed by atoms with van der Waals surface area (Å²) in [5, 5.41) is 5.78. The first-order valence-corrected chi connectivity index (χ1v) is 9.90. The maximum atomic E-state index is 12.9. The summed E-state index contributed by atoms with van der Waals surface area (Å²) in [5.74, 6) is 0.928. The number of amides is 1. The minimum absolute atomic E-state index is 0.126. The van der Waals surface area contributed by atoms with Gasteiger partial charge in [-0.3, -0.25) is 9.48 Å². The molecule has 2 heterocycles. The van der Waals surface area contributed by atoms with Crippen LogP contribution in [0.15, 0.2) is 40.8 Å². The van der Waals surface area contributed by atoms with E-state index in [0.717, 1.165) is 11.3 Å². The molecule has 0 spiro atoms. The van der Waals surface area contributed by atoms with Crippen LogP contribution in [0.3, 0.4) is 0 Å². The Morgan fingerprint density at radius 2 is 1.97 bits per heavy atom. The highest BCUT2D eigenvalue weighted by atomic mass is 35.5. The van der Waals surface area contributed by atoms with Gasteiger partial charge in [-0.1, -0.05) is 29.8 Å². The molecule has 0 saturated heterocycles. The molecule has 166 valence electrons. The third-order valence-electron chi connectivity index (χ3n) is 4.58. The average Bonchev–Trinajstić information content (AvgIpc) is 3.30. The van der Waals surface area contributed by atoms with Crippen LogP contribution in [0.1, 0.15) is 39.7 Å². The van der Waals surface area contributed by atoms with Crippen molar-refractivity contribution in [1.82, 2.24) is 15.1 Å². The summed E-state index contributed by atoms with van der Waals surface area (Å²) in [6.07, 6.45) is -4.24. The zero-order valence-electron chi connectivity index (χ0n) is 16.9. The van der Waals surface area contributed by atoms with Gasteiger partial charge in [-0.25, -0.2) is 0 Å². The van der Waals surface area contributed by atoms with Gasteiger partial charge in [0.05, 0.1) is 10.7 Å². The number of rotatable bonds is 8. The molecule has 1 aromatic carbocycles. The van der Waals surface area contributed by atoms with Crippen molar-refractivity contribution >= 4 is 17.5 Å². The smallest absolute Gasteiger partial charge is 0.436 e. The molecule has 3 rings (SSSR count). The lowest BCUT2D eigenvalue weighted by Gasteiger charge is -2.07. The van der Waals surface area contributed by atoms with Gasteiger partial charge in [0.15, 0.2) is 11.5 Å². The molecule has 0 aliphatic rings. The van der Waals surface area contributed by atoms with E-state index in [1.807, 2.05) is 31.2 Å². The van der Waals surface area contributed by atoms with Gasteiger partial charge in [-0.2, -0.15) is 18.3 Å². The molecule has 0 aliphatic carbocycles. The maximum absolute atomic E-state index is 12.9. The first kappa shape index (κ1) is 22.7. The number of aromatic nitrogens is 2. The van der Waals surface area contributed by atoms with Crippen LogP contribution in [-0.4, -0.2) is 22.2 Å². The van der Waals surface area contributed by atoms with Gasteiger partial charge in [0.1, 0.15) is 18.1 Å². The normalized spacial score (nSPS) is 11.5. The van der Waals surface area contributed by atoms with Gasteiger partial charge in [0.25, 0.3) is 5.91 Å². The molecule has 31 heavy (non-hydrogen) atoms. The van der Waals surface area contributed by atoms with Gasteiger partial charge in [-0.05, 0) is 44.0 Å². The Morgan fingerprint density at radius 3 is 2.65 bits per heavy atom. The van der Waals surface area contributed by atoms with Crippen molar-refractivity contribution in [2.75, 3.05) is 6.54 Å². The first-order valence-electron chi connectivity index (χ1n) is 9.52. The lowest BCUT2D eigenvalue weighted by atomic mass is 10.2. The highest BCUT2D eigenvalue weighted by molar-refractivity contribution is 6.31. The highest BCUT2D eigenvalue weighted by Gasteiger charge is 2.38. The molecule has 10 heteroatoms. The average molecular weight is 456 g/mol. The number of benzene rings is 1. The summed E-state index contributed by atoms with van der Waals surface area (Å²) in [7, 11) is 0. The van der Waals surface area contributed by atoms with E-state index in [0.29, 0.717) is 12.2 Å². The van der Waals surface area contributed by atoms with Crippen LogP contribution in [0.4, 0.5) is 13.2 Å². The van der Waals surface area contributed by atoms with Crippen LogP contribution in [0, 0.1) is 13.8 Å². The fourth-order valence-corrected chi connectivity index (χ4v) is 3.13. The molecule has 0 radical (unpaired) electrons. The molecule has 0 bridgehead atoms. The minimum atomic E-state index is -4.61. The van der Waals surface area contributed by atoms with Crippen LogP contribution in [0.2, 0.25) is 5.02 Å². The van der Waals surface area contributed by atoms with Gasteiger partial charge < -0.3 is 14.5 Å². The minimum Gasteiger partial charge on any atom is -0.485 e. The van der Waals surface area contributed by atoms with Gasteiger partial charge in [0.2, 0.25) is 0 Å². The molecular weight excluding hydrogens is 435 g/mol. The number of nitrogens with one attached hydrogen (secondary N) is 1. The molecule has 6 nitrogen and oxygen atoms in total. The third-order valence-corrected chi connectivity index (χ3v) is 5.04. The number of carbonyl (C=O) groups is 1. The first-order chi connectivity index (χ1) is 14.7. The number of ether oxygens (including phenoxy) is 1. The lowest BCUT2D eigenvalue weighted by Crippen LogP contribution is -2.25. The number of carbonyl (C=O) groups excluding carboxylic acids is 1. The van der Waals surface area contributed by atoms with Crippen LogP contribution >= 0.6 is 11.6 Å². The van der Waals surface area contributed by atoms with Crippen LogP contribution in [0.5, 0.6) is 5.75 Å². The van der Waals surface area contributed by atoms with E-state index in [4.69, 9.17) is 20.8 Å². The summed E-state index contributed by atoms with van der Waals surface area (Å²) in [6.45, 7) is 3.98. The predicted molar refractivity (Wildman–Crippen MR) is 108 cm³/mol. The van der Waals surface area contributed by atoms with Crippen molar-refractivity contribution in [2.24, 2.45) is 0 Å². The molecule has 1 N–H and O–H groups in total. The third kappa shape index (κ3) is 5.61. The molecular formula is C21H21ClF3N3O3. The number of para-hydroxylation sites is 1. The number of nitrogens with zero attached hydrogens (tertiary/aromatic N) is 2. The predicted octanol–water partition coefficient (Wildman–Crippen LogP) is 5.16. The molecule has 0 unspecified atom stereocenters. The number of hydrogen-bond donors (Lipinski definition) is 1. The fourth-order valence-electron chi connectivity index (χ4n) is 2.89. The Balaban J connectivity index is 1.47. The number of halogens is 4. The largest absolute Gasteiger partial charge is 0.485 e. The summed E-state index contributed by atoms with van der Waals surface area (Å²) >= 11 is 5.72. The summed E-state index contributed by atoms with van der Waals surface area (Å²) in [6, 6.07) is 10.7. The summed E-state index contributed by atoms with van der Waals surface area (Å²) < 4.78 is 51.0. The van der Waals surface area contributed by atoms with E-state index in [1.165, 1.54) is 11.6 Å². The van der Waals surface area contributed by atoms with Crippen LogP contribution in [0.25, 0.3) is 0 Å². The van der Waals surface area contributed by atoms with Crippen LogP contribution < -0.4 is 10.1 Å². The van der Waals surface area contributed by atoms with Gasteiger partial charge >= 0.3 is 6.18 Å². The second-order valence-electron chi connectivity index (χ2n) is 6.90. The van der Waals surface area contributed by atoms with Crippen molar-refractivity contribution in [3.63, 3.8) is 0 Å². The second kappa shape index (κ2) is 9.47. The van der Waals surface area contributed by atoms with E-state index >= 15 is 0 Å². The second-order valence-corrected chi connectivity index (χ2v) is 7.28. The SMILES string of the molecule is Cc1ccccc1OCc1ccc(C(=O)NCCCn2nc(C(F)(F)F)c(Cl)c2C)o1. The Bertz CT molecular complexity index is 1060. The Hall–Kier alpha value is -2.94. The number of hydrogen-bond acceptors (Lipinski definition) is 4. The number of furan rings is 1. The topological polar surface area (TPSA) is 69.3 Å². The van der Waals surface area contributed by atoms with Crippen molar-refractivity contribution in [3.05, 3.63) is 69.9 Å². The molecule has 3 aromatic rings. The molecule has 0 atom stereocenters. The Kier molecular flexibility index (Phi) is 6.94. The van der Waals surface area contributed by atoms with Gasteiger partial charge in [-0.15, -0.1) is 0 Å². The van der Waals surface area contributed by atoms with E-state index in [-0.39, 0.29) is 31.2 Å². The summed E-state index contributed by atoms with van der Waals surface area (Å²) in [4.78, 5) is 12.2. The molecule has 2 aromatic heterocycles. The Morgan fingerprint density at radius 1 is 1.23 bits per heavy atom. The molecule has 0 saturated carbocycles. The monoisotopic (exact) mass is 455 g/mol. The van der Waals surface area contributed by atoms with Crippen molar-refractivity contribution in [2.45, 2.75) is 39.6 Å². The van der Waals surface area contributed by atoms with E-state index in [9.17, 15) is 18.0 Å². The maximum Gasteiger partial charge on any atom is 0.436 e. The highest BCUT2D eigenvalue weighted by Crippen LogP contribution is 2.35. The van der Waals surface area contributed by atoms with Crippen LogP contribution in [-0.2, 0) is 19.3 Å². The molecule has 0 aliphatic heterocycles. The quantitative estimate of drug-likeness (QED) is 0.476. The van der Waals surface area contributed by atoms with Crippen molar-refractivity contribution in [3.8, 4) is 5.75 Å². The zero-order valence-corrected chi connectivity index (χ0v) is 17.7. The van der Waals surface area contributed by atoms with Crippen molar-refractivity contribution < 1.29 is 27.1 Å². The number of alkyl halides is 3. The lowest BCUT2D eigenvalue weighted by molar-refractivity contribution is -0.141. The standard InChI is InChI=1S/C21H21ClF3N3O3/c1-13-6-3-4-7-16(13)30-12-15-8-9-17(31-15)20(29)26-10-5-11-28-14(2)18(22)19(27-28)21(23,24)25/h3-4,6-9H,5,10-12H2,1-2H3,(H,26,29). The van der Waals surface area contributed by atoms with E-state index < -0.39 is 22.8 Å². The molecule has 0 fully saturated rings. The van der Waals surface area contributed by atoms with E-state index in [1.54, 1.807) is 12.1 Å². The van der Waals surface area contributed by atoms with Gasteiger partial charge in [0, 0.05) is 13.1 Å². The Labute approximate surface area is 181 Å². The molecule has 1 amide bonds. The zero-order chi connectivity index (χ0) is 22.6. The summed E-state index contributed by atoms with van der Waals surface area (Å²) in [5.41, 5.74) is 0.111. The van der Waals surface area contributed by atoms with Crippen molar-refractivity contribution in [1.29, 1.82) is 0 Å². The van der Waals surface area contributed by atoms with E-state index in [2.05, 4.69) is 10.4 Å². The fraction of sp³-hybridized carbons (Fsp3) is 0.333. The number of aryl methyl sites for hydroxylation is 2.